The molecule has 2 aromatic rings. The maximum absolute atomic E-state index is 12.1. The van der Waals surface area contributed by atoms with Crippen LogP contribution in [0.1, 0.15) is 21.5 Å². The second kappa shape index (κ2) is 5.65. The lowest BCUT2D eigenvalue weighted by molar-refractivity contribution is 0.102. The minimum absolute atomic E-state index is 0.0205. The van der Waals surface area contributed by atoms with Gasteiger partial charge < -0.3 is 15.2 Å². The van der Waals surface area contributed by atoms with Crippen LogP contribution in [0.25, 0.3) is 0 Å². The van der Waals surface area contributed by atoms with Crippen molar-refractivity contribution in [1.29, 1.82) is 0 Å². The van der Waals surface area contributed by atoms with Gasteiger partial charge in [0.1, 0.15) is 11.5 Å². The molecule has 4 heteroatoms. The number of phenolic OH excluding ortho intramolecular Hbond substituents is 1. The summed E-state index contributed by atoms with van der Waals surface area (Å²) in [5.74, 6) is 0.300. The van der Waals surface area contributed by atoms with Crippen LogP contribution in [-0.2, 0) is 0 Å². The molecule has 0 saturated heterocycles. The molecule has 4 nitrogen and oxygen atoms in total. The third-order valence-corrected chi connectivity index (χ3v) is 3.08. The van der Waals surface area contributed by atoms with E-state index in [0.29, 0.717) is 17.0 Å². The highest BCUT2D eigenvalue weighted by Gasteiger charge is 2.11. The van der Waals surface area contributed by atoms with Crippen LogP contribution in [0.2, 0.25) is 0 Å². The number of carbonyl (C=O) groups is 1. The Morgan fingerprint density at radius 1 is 1.15 bits per heavy atom. The number of aromatic hydroxyl groups is 1. The van der Waals surface area contributed by atoms with Gasteiger partial charge >= 0.3 is 0 Å². The Bertz CT molecular complexity index is 633. The van der Waals surface area contributed by atoms with Crippen LogP contribution in [0, 0.1) is 13.8 Å². The Labute approximate surface area is 118 Å². The standard InChI is InChI=1S/C16H17NO3/c1-10-4-6-12(7-5-10)16(19)17-13-8-11(2)15(20-3)9-14(13)18/h4-9,18H,1-3H3,(H,17,19). The molecule has 0 aliphatic rings. The number of benzene rings is 2. The monoisotopic (exact) mass is 271 g/mol. The van der Waals surface area contributed by atoms with Crippen molar-refractivity contribution in [3.05, 3.63) is 53.1 Å². The number of methoxy groups -OCH3 is 1. The summed E-state index contributed by atoms with van der Waals surface area (Å²) < 4.78 is 5.11. The lowest BCUT2D eigenvalue weighted by Gasteiger charge is -2.11. The fraction of sp³-hybridized carbons (Fsp3) is 0.188. The van der Waals surface area contributed by atoms with E-state index in [-0.39, 0.29) is 11.7 Å². The second-order valence-electron chi connectivity index (χ2n) is 4.66. The molecule has 0 bridgehead atoms. The summed E-state index contributed by atoms with van der Waals surface area (Å²) >= 11 is 0. The molecule has 0 radical (unpaired) electrons. The van der Waals surface area contributed by atoms with Gasteiger partial charge in [0, 0.05) is 11.6 Å². The van der Waals surface area contributed by atoms with Crippen molar-refractivity contribution in [2.75, 3.05) is 12.4 Å². The van der Waals surface area contributed by atoms with E-state index in [4.69, 9.17) is 4.74 Å². The van der Waals surface area contributed by atoms with E-state index in [2.05, 4.69) is 5.32 Å². The van der Waals surface area contributed by atoms with Gasteiger partial charge in [0.25, 0.3) is 5.91 Å². The predicted octanol–water partition coefficient (Wildman–Crippen LogP) is 3.27. The number of nitrogens with one attached hydrogen (secondary N) is 1. The average molecular weight is 271 g/mol. The van der Waals surface area contributed by atoms with Crippen LogP contribution in [0.4, 0.5) is 5.69 Å². The SMILES string of the molecule is COc1cc(O)c(NC(=O)c2ccc(C)cc2)cc1C. The quantitative estimate of drug-likeness (QED) is 0.842. The van der Waals surface area contributed by atoms with Gasteiger partial charge in [-0.05, 0) is 37.6 Å². The van der Waals surface area contributed by atoms with Gasteiger partial charge in [0.15, 0.2) is 0 Å². The molecule has 0 aliphatic carbocycles. The lowest BCUT2D eigenvalue weighted by Crippen LogP contribution is -2.12. The van der Waals surface area contributed by atoms with E-state index >= 15 is 0 Å². The summed E-state index contributed by atoms with van der Waals surface area (Å²) in [7, 11) is 1.53. The van der Waals surface area contributed by atoms with Gasteiger partial charge in [0.05, 0.1) is 12.8 Å². The molecule has 0 aromatic heterocycles. The molecule has 0 unspecified atom stereocenters. The van der Waals surface area contributed by atoms with E-state index < -0.39 is 0 Å². The van der Waals surface area contributed by atoms with Crippen LogP contribution in [0.3, 0.4) is 0 Å². The van der Waals surface area contributed by atoms with Gasteiger partial charge in [-0.15, -0.1) is 0 Å². The minimum Gasteiger partial charge on any atom is -0.506 e. The first-order chi connectivity index (χ1) is 9.51. The van der Waals surface area contributed by atoms with E-state index in [1.807, 2.05) is 26.0 Å². The van der Waals surface area contributed by atoms with Crippen molar-refractivity contribution >= 4 is 11.6 Å². The normalized spacial score (nSPS) is 10.2. The molecule has 104 valence electrons. The number of rotatable bonds is 3. The highest BCUT2D eigenvalue weighted by Crippen LogP contribution is 2.31. The van der Waals surface area contributed by atoms with Crippen molar-refractivity contribution in [1.82, 2.24) is 0 Å². The molecular weight excluding hydrogens is 254 g/mol. The summed E-state index contributed by atoms with van der Waals surface area (Å²) in [5, 5.41) is 12.6. The Kier molecular flexibility index (Phi) is 3.94. The van der Waals surface area contributed by atoms with Crippen LogP contribution < -0.4 is 10.1 Å². The molecule has 0 spiro atoms. The fourth-order valence-corrected chi connectivity index (χ4v) is 1.90. The molecule has 2 rings (SSSR count). The second-order valence-corrected chi connectivity index (χ2v) is 4.66. The molecule has 2 aromatic carbocycles. The largest absolute Gasteiger partial charge is 0.506 e. The average Bonchev–Trinajstić information content (AvgIpc) is 2.43. The zero-order valence-electron chi connectivity index (χ0n) is 11.7. The first kappa shape index (κ1) is 13.9. The molecular formula is C16H17NO3. The smallest absolute Gasteiger partial charge is 0.255 e. The van der Waals surface area contributed by atoms with Gasteiger partial charge in [-0.2, -0.15) is 0 Å². The maximum Gasteiger partial charge on any atom is 0.255 e. The van der Waals surface area contributed by atoms with Gasteiger partial charge in [-0.25, -0.2) is 0 Å². The number of carbonyl (C=O) groups excluding carboxylic acids is 1. The zero-order valence-corrected chi connectivity index (χ0v) is 11.7. The Balaban J connectivity index is 2.23. The molecule has 0 saturated carbocycles. The van der Waals surface area contributed by atoms with Crippen molar-refractivity contribution < 1.29 is 14.6 Å². The highest BCUT2D eigenvalue weighted by molar-refractivity contribution is 6.05. The Morgan fingerprint density at radius 2 is 1.80 bits per heavy atom. The summed E-state index contributed by atoms with van der Waals surface area (Å²) in [6.07, 6.45) is 0. The topological polar surface area (TPSA) is 58.6 Å². The third kappa shape index (κ3) is 2.91. The number of hydrogen-bond donors (Lipinski definition) is 2. The van der Waals surface area contributed by atoms with Crippen LogP contribution in [0.5, 0.6) is 11.5 Å². The Hall–Kier alpha value is -2.49. The number of aryl methyl sites for hydroxylation is 2. The van der Waals surface area contributed by atoms with Gasteiger partial charge in [-0.3, -0.25) is 4.79 Å². The number of hydrogen-bond acceptors (Lipinski definition) is 3. The molecule has 0 aliphatic heterocycles. The molecule has 0 fully saturated rings. The summed E-state index contributed by atoms with van der Waals surface area (Å²) in [4.78, 5) is 12.1. The molecule has 0 heterocycles. The first-order valence-corrected chi connectivity index (χ1v) is 6.27. The fourth-order valence-electron chi connectivity index (χ4n) is 1.90. The maximum atomic E-state index is 12.1. The third-order valence-electron chi connectivity index (χ3n) is 3.08. The van der Waals surface area contributed by atoms with E-state index in [1.165, 1.54) is 13.2 Å². The molecule has 0 atom stereocenters. The number of ether oxygens (including phenoxy) is 1. The van der Waals surface area contributed by atoms with Crippen LogP contribution in [0.15, 0.2) is 36.4 Å². The van der Waals surface area contributed by atoms with E-state index in [0.717, 1.165) is 11.1 Å². The molecule has 2 N–H and O–H groups in total. The summed E-state index contributed by atoms with van der Waals surface area (Å²) in [5.41, 5.74) is 2.84. The van der Waals surface area contributed by atoms with Crippen molar-refractivity contribution in [3.8, 4) is 11.5 Å². The van der Waals surface area contributed by atoms with Crippen molar-refractivity contribution in [2.24, 2.45) is 0 Å². The van der Waals surface area contributed by atoms with Gasteiger partial charge in [0.2, 0.25) is 0 Å². The first-order valence-electron chi connectivity index (χ1n) is 6.27. The number of amides is 1. The summed E-state index contributed by atoms with van der Waals surface area (Å²) in [6.45, 7) is 3.81. The molecule has 1 amide bonds. The van der Waals surface area contributed by atoms with Crippen molar-refractivity contribution in [3.63, 3.8) is 0 Å². The molecule has 20 heavy (non-hydrogen) atoms. The number of anilines is 1. The van der Waals surface area contributed by atoms with Crippen LogP contribution >= 0.6 is 0 Å². The number of phenols is 1. The Morgan fingerprint density at radius 3 is 2.40 bits per heavy atom. The summed E-state index contributed by atoms with van der Waals surface area (Å²) in [6, 6.07) is 10.4. The minimum atomic E-state index is -0.259. The lowest BCUT2D eigenvalue weighted by atomic mass is 10.1. The van der Waals surface area contributed by atoms with E-state index in [1.54, 1.807) is 18.2 Å². The highest BCUT2D eigenvalue weighted by atomic mass is 16.5. The van der Waals surface area contributed by atoms with E-state index in [9.17, 15) is 9.90 Å². The van der Waals surface area contributed by atoms with Crippen molar-refractivity contribution in [2.45, 2.75) is 13.8 Å². The predicted molar refractivity (Wildman–Crippen MR) is 78.5 cm³/mol. The van der Waals surface area contributed by atoms with Crippen LogP contribution in [-0.4, -0.2) is 18.1 Å². The van der Waals surface area contributed by atoms with Gasteiger partial charge in [-0.1, -0.05) is 17.7 Å². The zero-order chi connectivity index (χ0) is 14.7.